The van der Waals surface area contributed by atoms with Gasteiger partial charge in [-0.15, -0.1) is 0 Å². The Morgan fingerprint density at radius 1 is 1.44 bits per heavy atom. The molecule has 1 unspecified atom stereocenters. The molecule has 0 aliphatic heterocycles. The number of imidazole rings is 1. The fourth-order valence-electron chi connectivity index (χ4n) is 2.74. The highest BCUT2D eigenvalue weighted by Crippen LogP contribution is 2.35. The highest BCUT2D eigenvalue weighted by Gasteiger charge is 2.22. The summed E-state index contributed by atoms with van der Waals surface area (Å²) in [6.07, 6.45) is 7.41. The quantitative estimate of drug-likeness (QED) is 0.838. The average molecular weight is 260 g/mol. The summed E-state index contributed by atoms with van der Waals surface area (Å²) in [7, 11) is 1.71. The largest absolute Gasteiger partial charge is 0.497 e. The molecule has 4 heteroatoms. The Bertz CT molecular complexity index is 614. The number of nitrogens with zero attached hydrogens (tertiary/aromatic N) is 1. The van der Waals surface area contributed by atoms with Crippen LogP contribution in [0.1, 0.15) is 30.0 Å². The fourth-order valence-corrected chi connectivity index (χ4v) is 3.00. The highest BCUT2D eigenvalue weighted by molar-refractivity contribution is 7.71. The minimum Gasteiger partial charge on any atom is -0.497 e. The summed E-state index contributed by atoms with van der Waals surface area (Å²) < 4.78 is 8.27. The summed E-state index contributed by atoms with van der Waals surface area (Å²) in [5.41, 5.74) is 2.76. The summed E-state index contributed by atoms with van der Waals surface area (Å²) in [6.45, 7) is 0. The van der Waals surface area contributed by atoms with Crippen LogP contribution in [-0.2, 0) is 6.42 Å². The van der Waals surface area contributed by atoms with Gasteiger partial charge in [0.05, 0.1) is 13.2 Å². The van der Waals surface area contributed by atoms with Crippen molar-refractivity contribution >= 4 is 12.2 Å². The number of fused-ring (bicyclic) bond motifs is 1. The molecule has 3 rings (SSSR count). The van der Waals surface area contributed by atoms with Crippen LogP contribution in [0.4, 0.5) is 0 Å². The van der Waals surface area contributed by atoms with E-state index in [1.54, 1.807) is 7.11 Å². The zero-order chi connectivity index (χ0) is 12.5. The van der Waals surface area contributed by atoms with Crippen LogP contribution in [-0.4, -0.2) is 16.7 Å². The average Bonchev–Trinajstić information content (AvgIpc) is 2.83. The molecule has 0 saturated carbocycles. The summed E-state index contributed by atoms with van der Waals surface area (Å²) in [5, 5.41) is 0. The summed E-state index contributed by atoms with van der Waals surface area (Å²) >= 11 is 5.33. The van der Waals surface area contributed by atoms with Gasteiger partial charge in [0.15, 0.2) is 4.77 Å². The zero-order valence-corrected chi connectivity index (χ0v) is 11.2. The molecule has 1 aliphatic rings. The number of aryl methyl sites for hydroxylation is 1. The molecule has 0 amide bonds. The van der Waals surface area contributed by atoms with Gasteiger partial charge in [-0.1, -0.05) is 6.07 Å². The number of aromatic amines is 1. The number of ether oxygens (including phenoxy) is 1. The molecule has 0 bridgehead atoms. The lowest BCUT2D eigenvalue weighted by molar-refractivity contribution is 0.410. The van der Waals surface area contributed by atoms with Crippen molar-refractivity contribution in [2.45, 2.75) is 25.3 Å². The number of hydrogen-bond donors (Lipinski definition) is 1. The highest BCUT2D eigenvalue weighted by atomic mass is 32.1. The van der Waals surface area contributed by atoms with E-state index in [-0.39, 0.29) is 0 Å². The van der Waals surface area contributed by atoms with E-state index in [9.17, 15) is 0 Å². The van der Waals surface area contributed by atoms with Gasteiger partial charge in [-0.05, 0) is 54.7 Å². The number of H-pyrrole nitrogens is 1. The molecular formula is C14H16N2OS. The molecule has 0 fully saturated rings. The van der Waals surface area contributed by atoms with Crippen LogP contribution in [0.2, 0.25) is 0 Å². The maximum Gasteiger partial charge on any atom is 0.177 e. The molecule has 0 saturated heterocycles. The second-order valence-electron chi connectivity index (χ2n) is 4.65. The van der Waals surface area contributed by atoms with E-state index >= 15 is 0 Å². The van der Waals surface area contributed by atoms with E-state index in [4.69, 9.17) is 17.0 Å². The third-order valence-electron chi connectivity index (χ3n) is 3.65. The monoisotopic (exact) mass is 260 g/mol. The van der Waals surface area contributed by atoms with Gasteiger partial charge >= 0.3 is 0 Å². The van der Waals surface area contributed by atoms with Gasteiger partial charge in [-0.2, -0.15) is 0 Å². The summed E-state index contributed by atoms with van der Waals surface area (Å²) in [6, 6.07) is 6.70. The minimum absolute atomic E-state index is 0.336. The predicted octanol–water partition coefficient (Wildman–Crippen LogP) is 3.48. The number of benzene rings is 1. The Kier molecular flexibility index (Phi) is 2.96. The van der Waals surface area contributed by atoms with Crippen LogP contribution in [0.5, 0.6) is 5.75 Å². The van der Waals surface area contributed by atoms with Gasteiger partial charge in [0.1, 0.15) is 5.75 Å². The van der Waals surface area contributed by atoms with E-state index in [0.29, 0.717) is 6.04 Å². The van der Waals surface area contributed by atoms with Crippen LogP contribution in [0.25, 0.3) is 0 Å². The Morgan fingerprint density at radius 3 is 3.06 bits per heavy atom. The second-order valence-corrected chi connectivity index (χ2v) is 5.03. The molecule has 1 heterocycles. The predicted molar refractivity (Wildman–Crippen MR) is 73.7 cm³/mol. The first kappa shape index (κ1) is 11.5. The molecule has 1 aromatic heterocycles. The van der Waals surface area contributed by atoms with E-state index < -0.39 is 0 Å². The fraction of sp³-hybridized carbons (Fsp3) is 0.357. The molecular weight excluding hydrogens is 244 g/mol. The van der Waals surface area contributed by atoms with Crippen LogP contribution in [0.3, 0.4) is 0 Å². The van der Waals surface area contributed by atoms with E-state index in [0.717, 1.165) is 23.4 Å². The zero-order valence-electron chi connectivity index (χ0n) is 10.3. The first-order chi connectivity index (χ1) is 8.79. The minimum atomic E-state index is 0.336. The normalized spacial score (nSPS) is 18.4. The molecule has 2 aromatic rings. The maximum atomic E-state index is 5.33. The van der Waals surface area contributed by atoms with Crippen LogP contribution >= 0.6 is 12.2 Å². The molecule has 0 spiro atoms. The Balaban J connectivity index is 2.11. The van der Waals surface area contributed by atoms with Crippen molar-refractivity contribution in [3.8, 4) is 5.75 Å². The standard InChI is InChI=1S/C14H16N2OS/c1-17-11-6-5-10-3-2-4-13(12(10)9-11)16-8-7-15-14(16)18/h5-9,13H,2-4H2,1H3,(H,15,18). The lowest BCUT2D eigenvalue weighted by atomic mass is 9.87. The van der Waals surface area contributed by atoms with Crippen LogP contribution in [0, 0.1) is 4.77 Å². The van der Waals surface area contributed by atoms with Crippen molar-refractivity contribution in [1.82, 2.24) is 9.55 Å². The third-order valence-corrected chi connectivity index (χ3v) is 3.98. The van der Waals surface area contributed by atoms with Crippen molar-refractivity contribution in [3.63, 3.8) is 0 Å². The van der Waals surface area contributed by atoms with Crippen molar-refractivity contribution in [1.29, 1.82) is 0 Å². The van der Waals surface area contributed by atoms with E-state index in [1.165, 1.54) is 17.5 Å². The van der Waals surface area contributed by atoms with Crippen molar-refractivity contribution in [3.05, 3.63) is 46.5 Å². The number of aromatic nitrogens is 2. The second kappa shape index (κ2) is 4.61. The van der Waals surface area contributed by atoms with Gasteiger partial charge in [-0.25, -0.2) is 0 Å². The van der Waals surface area contributed by atoms with E-state index in [2.05, 4.69) is 21.7 Å². The smallest absolute Gasteiger partial charge is 0.177 e. The molecule has 1 aromatic carbocycles. The van der Waals surface area contributed by atoms with Gasteiger partial charge in [-0.3, -0.25) is 0 Å². The Labute approximate surface area is 111 Å². The van der Waals surface area contributed by atoms with Gasteiger partial charge < -0.3 is 14.3 Å². The number of methoxy groups -OCH3 is 1. The van der Waals surface area contributed by atoms with Crippen LogP contribution < -0.4 is 4.74 Å². The lowest BCUT2D eigenvalue weighted by Gasteiger charge is -2.27. The van der Waals surface area contributed by atoms with Gasteiger partial charge in [0.25, 0.3) is 0 Å². The van der Waals surface area contributed by atoms with Gasteiger partial charge in [0.2, 0.25) is 0 Å². The molecule has 94 valence electrons. The number of hydrogen-bond acceptors (Lipinski definition) is 2. The molecule has 18 heavy (non-hydrogen) atoms. The van der Waals surface area contributed by atoms with Crippen molar-refractivity contribution in [2.24, 2.45) is 0 Å². The molecule has 1 atom stereocenters. The first-order valence-corrected chi connectivity index (χ1v) is 6.63. The number of rotatable bonds is 2. The van der Waals surface area contributed by atoms with Crippen LogP contribution in [0.15, 0.2) is 30.6 Å². The van der Waals surface area contributed by atoms with Gasteiger partial charge in [0, 0.05) is 12.4 Å². The maximum absolute atomic E-state index is 5.33. The SMILES string of the molecule is COc1ccc2c(c1)C(n1cc[nH]c1=S)CCC2. The summed E-state index contributed by atoms with van der Waals surface area (Å²) in [5.74, 6) is 0.919. The molecule has 1 N–H and O–H groups in total. The molecule has 3 nitrogen and oxygen atoms in total. The molecule has 0 radical (unpaired) electrons. The van der Waals surface area contributed by atoms with Crippen molar-refractivity contribution in [2.75, 3.05) is 7.11 Å². The third kappa shape index (κ3) is 1.86. The Hall–Kier alpha value is -1.55. The molecule has 1 aliphatic carbocycles. The van der Waals surface area contributed by atoms with Crippen molar-refractivity contribution < 1.29 is 4.74 Å². The topological polar surface area (TPSA) is 29.9 Å². The van der Waals surface area contributed by atoms with E-state index in [1.807, 2.05) is 18.5 Å². The number of nitrogens with one attached hydrogen (secondary N) is 1. The first-order valence-electron chi connectivity index (χ1n) is 6.22. The lowest BCUT2D eigenvalue weighted by Crippen LogP contribution is -2.17. The summed E-state index contributed by atoms with van der Waals surface area (Å²) in [4.78, 5) is 3.07. The Morgan fingerprint density at radius 2 is 2.33 bits per heavy atom.